The Bertz CT molecular complexity index is 529. The summed E-state index contributed by atoms with van der Waals surface area (Å²) in [6.07, 6.45) is 1.51. The average Bonchev–Trinajstić information content (AvgIpc) is 2.86. The van der Waals surface area contributed by atoms with Crippen molar-refractivity contribution in [2.75, 3.05) is 20.7 Å². The number of carboxylic acids is 1. The second-order valence-corrected chi connectivity index (χ2v) is 5.64. The van der Waals surface area contributed by atoms with Crippen LogP contribution in [-0.4, -0.2) is 54.7 Å². The number of carbonyl (C=O) groups excluding carboxylic acids is 1. The molecule has 0 bridgehead atoms. The van der Waals surface area contributed by atoms with Crippen LogP contribution in [-0.2, 0) is 16.0 Å². The standard InChI is InChI=1S/C16H22N2O4/c1-18-10-12(9-14(18)16(20)21)17-15(19)8-5-11-3-6-13(22-2)7-4-11/h3-4,6-7,12,14H,5,8-10H2,1-2H3,(H,17,19)(H,20,21). The van der Waals surface area contributed by atoms with Gasteiger partial charge in [-0.1, -0.05) is 12.1 Å². The van der Waals surface area contributed by atoms with Gasteiger partial charge in [0, 0.05) is 19.0 Å². The number of rotatable bonds is 6. The molecule has 0 saturated carbocycles. The first-order valence-electron chi connectivity index (χ1n) is 7.35. The fourth-order valence-corrected chi connectivity index (χ4v) is 2.74. The molecule has 120 valence electrons. The van der Waals surface area contributed by atoms with Crippen molar-refractivity contribution in [3.8, 4) is 5.75 Å². The molecule has 2 atom stereocenters. The number of methoxy groups -OCH3 is 1. The predicted molar refractivity (Wildman–Crippen MR) is 81.9 cm³/mol. The molecule has 2 rings (SSSR count). The second kappa shape index (κ2) is 7.26. The van der Waals surface area contributed by atoms with Crippen LogP contribution in [0.15, 0.2) is 24.3 Å². The third kappa shape index (κ3) is 4.21. The summed E-state index contributed by atoms with van der Waals surface area (Å²) in [5.74, 6) is -0.0837. The molecule has 1 aromatic rings. The van der Waals surface area contributed by atoms with Gasteiger partial charge in [-0.25, -0.2) is 0 Å². The lowest BCUT2D eigenvalue weighted by Gasteiger charge is -2.13. The van der Waals surface area contributed by atoms with Gasteiger partial charge in [0.25, 0.3) is 0 Å². The summed E-state index contributed by atoms with van der Waals surface area (Å²) in [5.41, 5.74) is 1.07. The summed E-state index contributed by atoms with van der Waals surface area (Å²) in [7, 11) is 3.38. The lowest BCUT2D eigenvalue weighted by atomic mass is 10.1. The number of hydrogen-bond acceptors (Lipinski definition) is 4. The van der Waals surface area contributed by atoms with Gasteiger partial charge in [-0.3, -0.25) is 14.5 Å². The van der Waals surface area contributed by atoms with E-state index in [-0.39, 0.29) is 11.9 Å². The summed E-state index contributed by atoms with van der Waals surface area (Å²) in [6.45, 7) is 0.575. The number of carbonyl (C=O) groups is 2. The molecule has 1 aromatic carbocycles. The number of hydrogen-bond donors (Lipinski definition) is 2. The quantitative estimate of drug-likeness (QED) is 0.816. The summed E-state index contributed by atoms with van der Waals surface area (Å²) in [4.78, 5) is 24.8. The summed E-state index contributed by atoms with van der Waals surface area (Å²) >= 11 is 0. The van der Waals surface area contributed by atoms with Crippen molar-refractivity contribution < 1.29 is 19.4 Å². The summed E-state index contributed by atoms with van der Waals surface area (Å²) < 4.78 is 5.09. The van der Waals surface area contributed by atoms with Crippen LogP contribution in [0.4, 0.5) is 0 Å². The first-order valence-corrected chi connectivity index (χ1v) is 7.35. The number of likely N-dealkylation sites (tertiary alicyclic amines) is 1. The average molecular weight is 306 g/mol. The summed E-state index contributed by atoms with van der Waals surface area (Å²) in [6, 6.07) is 7.03. The number of ether oxygens (including phenoxy) is 1. The van der Waals surface area contributed by atoms with Crippen LogP contribution in [0.1, 0.15) is 18.4 Å². The van der Waals surface area contributed by atoms with Crippen molar-refractivity contribution in [1.82, 2.24) is 10.2 Å². The first kappa shape index (κ1) is 16.3. The molecule has 1 heterocycles. The van der Waals surface area contributed by atoms with Crippen LogP contribution in [0.5, 0.6) is 5.75 Å². The van der Waals surface area contributed by atoms with Gasteiger partial charge >= 0.3 is 5.97 Å². The van der Waals surface area contributed by atoms with E-state index in [1.54, 1.807) is 19.1 Å². The van der Waals surface area contributed by atoms with Gasteiger partial charge in [-0.15, -0.1) is 0 Å². The van der Waals surface area contributed by atoms with Gasteiger partial charge in [0.05, 0.1) is 7.11 Å². The van der Waals surface area contributed by atoms with Crippen molar-refractivity contribution in [1.29, 1.82) is 0 Å². The van der Waals surface area contributed by atoms with Crippen LogP contribution in [0, 0.1) is 0 Å². The van der Waals surface area contributed by atoms with E-state index in [0.717, 1.165) is 11.3 Å². The zero-order valence-electron chi connectivity index (χ0n) is 12.9. The predicted octanol–water partition coefficient (Wildman–Crippen LogP) is 0.901. The monoisotopic (exact) mass is 306 g/mol. The van der Waals surface area contributed by atoms with Gasteiger partial charge in [-0.05, 0) is 37.6 Å². The SMILES string of the molecule is COc1ccc(CCC(=O)NC2CC(C(=O)O)N(C)C2)cc1. The maximum Gasteiger partial charge on any atom is 0.320 e. The molecule has 1 fully saturated rings. The van der Waals surface area contributed by atoms with E-state index in [1.807, 2.05) is 24.3 Å². The minimum Gasteiger partial charge on any atom is -0.497 e. The zero-order valence-corrected chi connectivity index (χ0v) is 12.9. The van der Waals surface area contributed by atoms with Crippen molar-refractivity contribution in [2.45, 2.75) is 31.3 Å². The molecule has 2 unspecified atom stereocenters. The molecule has 6 heteroatoms. The highest BCUT2D eigenvalue weighted by Crippen LogP contribution is 2.16. The van der Waals surface area contributed by atoms with Gasteiger partial charge in [-0.2, -0.15) is 0 Å². The lowest BCUT2D eigenvalue weighted by molar-refractivity contribution is -0.141. The topological polar surface area (TPSA) is 78.9 Å². The second-order valence-electron chi connectivity index (χ2n) is 5.64. The molecular formula is C16H22N2O4. The van der Waals surface area contributed by atoms with E-state index in [2.05, 4.69) is 5.32 Å². The highest BCUT2D eigenvalue weighted by Gasteiger charge is 2.34. The Morgan fingerprint density at radius 3 is 2.59 bits per heavy atom. The molecule has 2 N–H and O–H groups in total. The van der Waals surface area contributed by atoms with E-state index in [4.69, 9.17) is 9.84 Å². The number of aliphatic carboxylic acids is 1. The smallest absolute Gasteiger partial charge is 0.320 e. The Labute approximate surface area is 130 Å². The number of nitrogens with one attached hydrogen (secondary N) is 1. The van der Waals surface area contributed by atoms with E-state index in [9.17, 15) is 9.59 Å². The number of amides is 1. The normalized spacial score (nSPS) is 21.5. The third-order valence-corrected chi connectivity index (χ3v) is 4.00. The number of aryl methyl sites for hydroxylation is 1. The minimum atomic E-state index is -0.836. The largest absolute Gasteiger partial charge is 0.497 e. The minimum absolute atomic E-state index is 0.0414. The molecule has 1 aliphatic heterocycles. The van der Waals surface area contributed by atoms with E-state index in [0.29, 0.717) is 25.8 Å². The van der Waals surface area contributed by atoms with Crippen LogP contribution >= 0.6 is 0 Å². The van der Waals surface area contributed by atoms with E-state index in [1.165, 1.54) is 0 Å². The molecule has 0 aliphatic carbocycles. The molecule has 1 amide bonds. The maximum absolute atomic E-state index is 12.0. The Balaban J connectivity index is 1.77. The van der Waals surface area contributed by atoms with Crippen LogP contribution < -0.4 is 10.1 Å². The lowest BCUT2D eigenvalue weighted by Crippen LogP contribution is -2.36. The fourth-order valence-electron chi connectivity index (χ4n) is 2.74. The summed E-state index contributed by atoms with van der Waals surface area (Å²) in [5, 5.41) is 12.0. The van der Waals surface area contributed by atoms with Crippen molar-refractivity contribution in [3.05, 3.63) is 29.8 Å². The van der Waals surface area contributed by atoms with Crippen molar-refractivity contribution >= 4 is 11.9 Å². The third-order valence-electron chi connectivity index (χ3n) is 4.00. The van der Waals surface area contributed by atoms with Crippen LogP contribution in [0.3, 0.4) is 0 Å². The Morgan fingerprint density at radius 2 is 2.05 bits per heavy atom. The van der Waals surface area contributed by atoms with Gasteiger partial charge in [0.1, 0.15) is 11.8 Å². The Morgan fingerprint density at radius 1 is 1.36 bits per heavy atom. The molecular weight excluding hydrogens is 284 g/mol. The Hall–Kier alpha value is -2.08. The van der Waals surface area contributed by atoms with Gasteiger partial charge < -0.3 is 15.2 Å². The number of carboxylic acid groups (broad SMARTS) is 1. The number of nitrogens with zero attached hydrogens (tertiary/aromatic N) is 1. The molecule has 0 radical (unpaired) electrons. The molecule has 6 nitrogen and oxygen atoms in total. The first-order chi connectivity index (χ1) is 10.5. The van der Waals surface area contributed by atoms with Gasteiger partial charge in [0.15, 0.2) is 0 Å². The molecule has 0 aromatic heterocycles. The number of benzene rings is 1. The molecule has 1 saturated heterocycles. The van der Waals surface area contributed by atoms with Crippen LogP contribution in [0.2, 0.25) is 0 Å². The van der Waals surface area contributed by atoms with Crippen molar-refractivity contribution in [3.63, 3.8) is 0 Å². The Kier molecular flexibility index (Phi) is 5.38. The molecule has 0 spiro atoms. The molecule has 22 heavy (non-hydrogen) atoms. The highest BCUT2D eigenvalue weighted by molar-refractivity contribution is 5.77. The molecule has 1 aliphatic rings. The van der Waals surface area contributed by atoms with E-state index < -0.39 is 12.0 Å². The van der Waals surface area contributed by atoms with E-state index >= 15 is 0 Å². The van der Waals surface area contributed by atoms with Crippen molar-refractivity contribution in [2.24, 2.45) is 0 Å². The maximum atomic E-state index is 12.0. The van der Waals surface area contributed by atoms with Gasteiger partial charge in [0.2, 0.25) is 5.91 Å². The number of likely N-dealkylation sites (N-methyl/N-ethyl adjacent to an activating group) is 1. The fraction of sp³-hybridized carbons (Fsp3) is 0.500. The highest BCUT2D eigenvalue weighted by atomic mass is 16.5. The zero-order chi connectivity index (χ0) is 16.1. The van der Waals surface area contributed by atoms with Crippen LogP contribution in [0.25, 0.3) is 0 Å².